The van der Waals surface area contributed by atoms with Crippen molar-refractivity contribution >= 4 is 26.9 Å². The summed E-state index contributed by atoms with van der Waals surface area (Å²) < 4.78 is 40.2. The van der Waals surface area contributed by atoms with Gasteiger partial charge in [0.15, 0.2) is 0 Å². The van der Waals surface area contributed by atoms with Gasteiger partial charge in [0.2, 0.25) is 10.0 Å². The van der Waals surface area contributed by atoms with Gasteiger partial charge in [-0.1, -0.05) is 36.8 Å². The van der Waals surface area contributed by atoms with Gasteiger partial charge in [-0.05, 0) is 102 Å². The molecule has 2 aromatic rings. The van der Waals surface area contributed by atoms with Gasteiger partial charge in [-0.2, -0.15) is 0 Å². The zero-order valence-corrected chi connectivity index (χ0v) is 19.1. The number of fused-ring (bicyclic) bond motifs is 1. The van der Waals surface area contributed by atoms with Gasteiger partial charge >= 0.3 is 0 Å². The van der Waals surface area contributed by atoms with E-state index in [0.29, 0.717) is 5.69 Å². The Morgan fingerprint density at radius 3 is 2.61 bits per heavy atom. The summed E-state index contributed by atoms with van der Waals surface area (Å²) in [4.78, 5) is 0. The first kappa shape index (κ1) is 21.6. The van der Waals surface area contributed by atoms with Crippen LogP contribution in [-0.4, -0.2) is 14.7 Å². The van der Waals surface area contributed by atoms with E-state index in [9.17, 15) is 12.8 Å². The summed E-state index contributed by atoms with van der Waals surface area (Å²) in [6, 6.07) is 12.7. The fourth-order valence-electron chi connectivity index (χ4n) is 4.75. The number of nitrogens with one attached hydrogen (secondary N) is 1. The molecule has 0 heterocycles. The number of rotatable bonds is 4. The van der Waals surface area contributed by atoms with E-state index in [1.807, 2.05) is 24.3 Å². The molecule has 0 fully saturated rings. The van der Waals surface area contributed by atoms with E-state index in [1.54, 1.807) is 18.2 Å². The average molecular weight is 438 g/mol. The molecular weight excluding hydrogens is 409 g/mol. The minimum absolute atomic E-state index is 0.206. The first-order chi connectivity index (χ1) is 14.7. The lowest BCUT2D eigenvalue weighted by atomic mass is 9.81. The van der Waals surface area contributed by atoms with Crippen molar-refractivity contribution in [3.8, 4) is 0 Å². The maximum absolute atomic E-state index is 14.1. The molecule has 0 aromatic heterocycles. The maximum Gasteiger partial charge on any atom is 0.229 e. The van der Waals surface area contributed by atoms with Gasteiger partial charge in [0.05, 0.1) is 6.26 Å². The first-order valence-electron chi connectivity index (χ1n) is 10.7. The summed E-state index contributed by atoms with van der Waals surface area (Å²) in [5.74, 6) is -0.206. The second-order valence-corrected chi connectivity index (χ2v) is 10.2. The molecule has 0 saturated carbocycles. The highest BCUT2D eigenvalue weighted by Gasteiger charge is 2.25. The molecule has 2 aromatic carbocycles. The van der Waals surface area contributed by atoms with E-state index in [0.717, 1.165) is 60.6 Å². The van der Waals surface area contributed by atoms with Gasteiger partial charge in [0, 0.05) is 5.69 Å². The van der Waals surface area contributed by atoms with Gasteiger partial charge in [-0.3, -0.25) is 4.72 Å². The fraction of sp³-hybridized carbons (Fsp3) is 0.308. The third-order valence-corrected chi connectivity index (χ3v) is 6.66. The lowest BCUT2D eigenvalue weighted by Gasteiger charge is -2.23. The van der Waals surface area contributed by atoms with Crippen molar-refractivity contribution in [2.45, 2.75) is 46.0 Å². The van der Waals surface area contributed by atoms with Crippen LogP contribution in [0, 0.1) is 5.82 Å². The Morgan fingerprint density at radius 2 is 1.87 bits per heavy atom. The van der Waals surface area contributed by atoms with Gasteiger partial charge in [-0.15, -0.1) is 0 Å². The topological polar surface area (TPSA) is 46.2 Å². The number of sulfonamides is 1. The number of benzene rings is 2. The van der Waals surface area contributed by atoms with Gasteiger partial charge in [-0.25, -0.2) is 12.8 Å². The molecule has 0 spiro atoms. The number of hydrogen-bond acceptors (Lipinski definition) is 2. The van der Waals surface area contributed by atoms with Crippen molar-refractivity contribution in [2.24, 2.45) is 0 Å². The summed E-state index contributed by atoms with van der Waals surface area (Å²) in [6.45, 7) is 4.29. The Morgan fingerprint density at radius 1 is 1.06 bits per heavy atom. The lowest BCUT2D eigenvalue weighted by molar-refractivity contribution is 0.607. The zero-order valence-electron chi connectivity index (χ0n) is 18.3. The van der Waals surface area contributed by atoms with E-state index in [-0.39, 0.29) is 5.82 Å². The number of allylic oxidation sites excluding steroid dienone is 6. The monoisotopic (exact) mass is 437 g/mol. The van der Waals surface area contributed by atoms with Crippen LogP contribution >= 0.6 is 0 Å². The second-order valence-electron chi connectivity index (χ2n) is 8.46. The number of hydrogen-bond donors (Lipinski definition) is 1. The molecule has 0 unspecified atom stereocenters. The van der Waals surface area contributed by atoms with Crippen LogP contribution in [0.2, 0.25) is 0 Å². The largest absolute Gasteiger partial charge is 0.284 e. The summed E-state index contributed by atoms with van der Waals surface area (Å²) in [7, 11) is -3.36. The highest BCUT2D eigenvalue weighted by Crippen LogP contribution is 2.45. The van der Waals surface area contributed by atoms with Crippen LogP contribution in [0.1, 0.15) is 56.2 Å². The van der Waals surface area contributed by atoms with Crippen molar-refractivity contribution in [2.75, 3.05) is 11.0 Å². The quantitative estimate of drug-likeness (QED) is 0.593. The molecule has 2 aliphatic carbocycles. The zero-order chi connectivity index (χ0) is 22.2. The van der Waals surface area contributed by atoms with Crippen molar-refractivity contribution in [3.05, 3.63) is 87.8 Å². The molecule has 0 atom stereocenters. The molecule has 4 rings (SSSR count). The highest BCUT2D eigenvalue weighted by atomic mass is 32.2. The van der Waals surface area contributed by atoms with E-state index >= 15 is 0 Å². The molecular formula is C26H28FNO2S. The summed E-state index contributed by atoms with van der Waals surface area (Å²) >= 11 is 0. The summed E-state index contributed by atoms with van der Waals surface area (Å²) in [5, 5.41) is 0. The molecule has 0 amide bonds. The highest BCUT2D eigenvalue weighted by molar-refractivity contribution is 7.92. The summed E-state index contributed by atoms with van der Waals surface area (Å²) in [5.41, 5.74) is 10.1. The van der Waals surface area contributed by atoms with Crippen LogP contribution in [0.25, 0.3) is 11.1 Å². The van der Waals surface area contributed by atoms with Crippen LogP contribution in [0.4, 0.5) is 10.1 Å². The smallest absolute Gasteiger partial charge is 0.229 e. The molecule has 3 nitrogen and oxygen atoms in total. The number of halogens is 1. The molecule has 0 aliphatic heterocycles. The normalized spacial score (nSPS) is 18.0. The standard InChI is InChI=1S/C26H28FNO2S/c1-4-23(18-6-5-7-22(16-18)28-31(3,29)30)26-24-12-8-17(2)14-19(24)9-10-20-15-21(27)11-13-25(20)26/h5-7,11,13-16,28H,4,8-10,12H2,1-3H3/b26-23+. The second kappa shape index (κ2) is 8.46. The molecule has 1 N–H and O–H groups in total. The predicted molar refractivity (Wildman–Crippen MR) is 127 cm³/mol. The Labute approximate surface area is 184 Å². The lowest BCUT2D eigenvalue weighted by Crippen LogP contribution is -2.09. The molecule has 0 bridgehead atoms. The fourth-order valence-corrected chi connectivity index (χ4v) is 5.30. The molecule has 2 aliphatic rings. The van der Waals surface area contributed by atoms with Gasteiger partial charge in [0.25, 0.3) is 0 Å². The molecule has 0 saturated heterocycles. The Kier molecular flexibility index (Phi) is 5.89. The Bertz CT molecular complexity index is 1240. The predicted octanol–water partition coefficient (Wildman–Crippen LogP) is 6.50. The SMILES string of the molecule is CC/C(=C1/C2=C(C=C(C)CC2)CCc2cc(F)ccc21)c1cccc(NS(C)(=O)=O)c1. The average Bonchev–Trinajstić information content (AvgIpc) is 2.84. The maximum atomic E-state index is 14.1. The molecule has 31 heavy (non-hydrogen) atoms. The van der Waals surface area contributed by atoms with E-state index in [2.05, 4.69) is 24.6 Å². The minimum Gasteiger partial charge on any atom is -0.284 e. The van der Waals surface area contributed by atoms with Gasteiger partial charge < -0.3 is 0 Å². The van der Waals surface area contributed by atoms with Crippen molar-refractivity contribution in [3.63, 3.8) is 0 Å². The van der Waals surface area contributed by atoms with Crippen LogP contribution in [-0.2, 0) is 16.4 Å². The van der Waals surface area contributed by atoms with Crippen LogP contribution in [0.3, 0.4) is 0 Å². The third-order valence-electron chi connectivity index (χ3n) is 6.05. The van der Waals surface area contributed by atoms with E-state index in [1.165, 1.54) is 22.3 Å². The van der Waals surface area contributed by atoms with E-state index < -0.39 is 10.0 Å². The molecule has 162 valence electrons. The third kappa shape index (κ3) is 4.67. The van der Waals surface area contributed by atoms with Crippen molar-refractivity contribution in [1.29, 1.82) is 0 Å². The van der Waals surface area contributed by atoms with Crippen LogP contribution in [0.5, 0.6) is 0 Å². The molecule has 5 heteroatoms. The Balaban J connectivity index is 1.98. The number of aryl methyl sites for hydroxylation is 1. The molecule has 0 radical (unpaired) electrons. The Hall–Kier alpha value is -2.66. The van der Waals surface area contributed by atoms with Crippen molar-refractivity contribution < 1.29 is 12.8 Å². The van der Waals surface area contributed by atoms with Crippen LogP contribution in [0.15, 0.2) is 65.3 Å². The number of anilines is 1. The van der Waals surface area contributed by atoms with Gasteiger partial charge in [0.1, 0.15) is 5.82 Å². The van der Waals surface area contributed by atoms with Crippen molar-refractivity contribution in [1.82, 2.24) is 0 Å². The minimum atomic E-state index is -3.36. The van der Waals surface area contributed by atoms with E-state index in [4.69, 9.17) is 0 Å². The van der Waals surface area contributed by atoms with Crippen LogP contribution < -0.4 is 4.72 Å². The first-order valence-corrected chi connectivity index (χ1v) is 12.6. The summed E-state index contributed by atoms with van der Waals surface area (Å²) in [6.07, 6.45) is 7.94.